The molecule has 1 rings (SSSR count). The van der Waals surface area contributed by atoms with Crippen molar-refractivity contribution in [2.75, 3.05) is 20.3 Å². The first-order valence-corrected chi connectivity index (χ1v) is 5.78. The van der Waals surface area contributed by atoms with Gasteiger partial charge in [0.15, 0.2) is 5.79 Å². The number of carbonyl (C=O) groups excluding carboxylic acids is 1. The second-order valence-corrected chi connectivity index (χ2v) is 4.49. The van der Waals surface area contributed by atoms with E-state index in [1.54, 1.807) is 7.11 Å². The van der Waals surface area contributed by atoms with E-state index in [0.717, 1.165) is 6.42 Å². The first-order chi connectivity index (χ1) is 7.92. The molecule has 6 nitrogen and oxygen atoms in total. The Morgan fingerprint density at radius 2 is 2.18 bits per heavy atom. The topological polar surface area (TPSA) is 88.0 Å². The number of rotatable bonds is 8. The fourth-order valence-electron chi connectivity index (χ4n) is 1.40. The summed E-state index contributed by atoms with van der Waals surface area (Å²) < 4.78 is 10.4. The molecule has 1 saturated carbocycles. The van der Waals surface area contributed by atoms with Crippen LogP contribution in [0.4, 0.5) is 0 Å². The summed E-state index contributed by atoms with van der Waals surface area (Å²) in [4.78, 5) is 11.3. The highest BCUT2D eigenvalue weighted by Crippen LogP contribution is 2.27. The van der Waals surface area contributed by atoms with Crippen LogP contribution < -0.4 is 5.32 Å². The van der Waals surface area contributed by atoms with Crippen molar-refractivity contribution in [3.8, 4) is 0 Å². The average Bonchev–Trinajstić information content (AvgIpc) is 2.94. The maximum Gasteiger partial charge on any atom is 0.222 e. The standard InChI is InChI=1S/C11H21NO5/c1-11(14,15)4-5-12-10(13)3-6-17-9-7-8(9)16-2/h8-9,14-15H,3-7H2,1-2H3,(H,12,13). The van der Waals surface area contributed by atoms with Crippen molar-refractivity contribution >= 4 is 5.91 Å². The molecule has 2 unspecified atom stereocenters. The molecule has 1 aliphatic rings. The molecule has 3 N–H and O–H groups in total. The lowest BCUT2D eigenvalue weighted by atomic mass is 10.2. The lowest BCUT2D eigenvalue weighted by molar-refractivity contribution is -0.149. The van der Waals surface area contributed by atoms with Gasteiger partial charge in [0.05, 0.1) is 18.8 Å². The van der Waals surface area contributed by atoms with Crippen molar-refractivity contribution in [1.29, 1.82) is 0 Å². The van der Waals surface area contributed by atoms with E-state index in [9.17, 15) is 4.79 Å². The van der Waals surface area contributed by atoms with Crippen molar-refractivity contribution in [2.45, 2.75) is 44.2 Å². The van der Waals surface area contributed by atoms with E-state index in [1.807, 2.05) is 0 Å². The van der Waals surface area contributed by atoms with Gasteiger partial charge in [-0.3, -0.25) is 4.79 Å². The summed E-state index contributed by atoms with van der Waals surface area (Å²) >= 11 is 0. The van der Waals surface area contributed by atoms with Crippen LogP contribution >= 0.6 is 0 Å². The third-order valence-corrected chi connectivity index (χ3v) is 2.56. The quantitative estimate of drug-likeness (QED) is 0.498. The number of ether oxygens (including phenoxy) is 2. The number of nitrogens with one attached hydrogen (secondary N) is 1. The number of methoxy groups -OCH3 is 1. The van der Waals surface area contributed by atoms with E-state index in [1.165, 1.54) is 6.92 Å². The fraction of sp³-hybridized carbons (Fsp3) is 0.909. The van der Waals surface area contributed by atoms with Crippen LogP contribution in [0.25, 0.3) is 0 Å². The molecule has 0 spiro atoms. The molecule has 0 radical (unpaired) electrons. The molecule has 2 atom stereocenters. The molecule has 6 heteroatoms. The van der Waals surface area contributed by atoms with Crippen LogP contribution in [0, 0.1) is 0 Å². The Kier molecular flexibility index (Phi) is 5.32. The fourth-order valence-corrected chi connectivity index (χ4v) is 1.40. The van der Waals surface area contributed by atoms with Gasteiger partial charge < -0.3 is 25.0 Å². The summed E-state index contributed by atoms with van der Waals surface area (Å²) in [5, 5.41) is 20.6. The molecular weight excluding hydrogens is 226 g/mol. The lowest BCUT2D eigenvalue weighted by Crippen LogP contribution is -2.32. The van der Waals surface area contributed by atoms with Crippen LogP contribution in [0.15, 0.2) is 0 Å². The van der Waals surface area contributed by atoms with E-state index >= 15 is 0 Å². The van der Waals surface area contributed by atoms with Crippen molar-refractivity contribution in [1.82, 2.24) is 5.32 Å². The molecule has 1 fully saturated rings. The molecular formula is C11H21NO5. The smallest absolute Gasteiger partial charge is 0.222 e. The largest absolute Gasteiger partial charge is 0.379 e. The van der Waals surface area contributed by atoms with Gasteiger partial charge in [-0.2, -0.15) is 0 Å². The molecule has 0 aromatic heterocycles. The van der Waals surface area contributed by atoms with Gasteiger partial charge in [0.2, 0.25) is 5.91 Å². The Morgan fingerprint density at radius 1 is 1.47 bits per heavy atom. The Morgan fingerprint density at radius 3 is 2.71 bits per heavy atom. The zero-order valence-corrected chi connectivity index (χ0v) is 10.3. The highest BCUT2D eigenvalue weighted by Gasteiger charge is 2.38. The minimum Gasteiger partial charge on any atom is -0.379 e. The maximum atomic E-state index is 11.3. The van der Waals surface area contributed by atoms with E-state index < -0.39 is 5.79 Å². The number of hydrogen-bond acceptors (Lipinski definition) is 5. The zero-order valence-electron chi connectivity index (χ0n) is 10.3. The molecule has 0 bridgehead atoms. The van der Waals surface area contributed by atoms with Crippen LogP contribution in [0.1, 0.15) is 26.2 Å². The van der Waals surface area contributed by atoms with Gasteiger partial charge in [0.25, 0.3) is 0 Å². The van der Waals surface area contributed by atoms with Crippen molar-refractivity contribution in [3.63, 3.8) is 0 Å². The number of aliphatic hydroxyl groups is 2. The average molecular weight is 247 g/mol. The highest BCUT2D eigenvalue weighted by atomic mass is 16.6. The third-order valence-electron chi connectivity index (χ3n) is 2.56. The molecule has 0 aliphatic heterocycles. The minimum atomic E-state index is -1.73. The second kappa shape index (κ2) is 6.30. The van der Waals surface area contributed by atoms with Gasteiger partial charge in [-0.25, -0.2) is 0 Å². The zero-order chi connectivity index (χ0) is 12.9. The molecule has 0 aromatic rings. The number of amides is 1. The summed E-state index contributed by atoms with van der Waals surface area (Å²) in [5.74, 6) is -1.88. The molecule has 0 aromatic carbocycles. The van der Waals surface area contributed by atoms with Gasteiger partial charge in [-0.15, -0.1) is 0 Å². The highest BCUT2D eigenvalue weighted by molar-refractivity contribution is 5.75. The Hall–Kier alpha value is -0.690. The first-order valence-electron chi connectivity index (χ1n) is 5.78. The van der Waals surface area contributed by atoms with E-state index in [-0.39, 0.29) is 37.5 Å². The van der Waals surface area contributed by atoms with Crippen LogP contribution in [0.5, 0.6) is 0 Å². The molecule has 0 saturated heterocycles. The molecule has 17 heavy (non-hydrogen) atoms. The van der Waals surface area contributed by atoms with Crippen LogP contribution in [0.2, 0.25) is 0 Å². The number of carbonyl (C=O) groups is 1. The SMILES string of the molecule is COC1CC1OCCC(=O)NCCC(C)(O)O. The Labute approximate surface area is 101 Å². The molecule has 1 aliphatic carbocycles. The predicted octanol–water partition coefficient (Wildman–Crippen LogP) is -0.612. The summed E-state index contributed by atoms with van der Waals surface area (Å²) in [7, 11) is 1.64. The van der Waals surface area contributed by atoms with Crippen molar-refractivity contribution in [3.05, 3.63) is 0 Å². The lowest BCUT2D eigenvalue weighted by Gasteiger charge is -2.15. The van der Waals surface area contributed by atoms with Gasteiger partial charge in [0.1, 0.15) is 0 Å². The summed E-state index contributed by atoms with van der Waals surface area (Å²) in [6.45, 7) is 1.89. The van der Waals surface area contributed by atoms with Crippen LogP contribution in [0.3, 0.4) is 0 Å². The predicted molar refractivity (Wildman–Crippen MR) is 60.2 cm³/mol. The maximum absolute atomic E-state index is 11.3. The minimum absolute atomic E-state index is 0.105. The van der Waals surface area contributed by atoms with Crippen molar-refractivity contribution in [2.24, 2.45) is 0 Å². The third kappa shape index (κ3) is 6.58. The normalized spacial score (nSPS) is 23.5. The van der Waals surface area contributed by atoms with E-state index in [0.29, 0.717) is 6.61 Å². The van der Waals surface area contributed by atoms with Gasteiger partial charge >= 0.3 is 0 Å². The summed E-state index contributed by atoms with van der Waals surface area (Å²) in [5.41, 5.74) is 0. The van der Waals surface area contributed by atoms with Gasteiger partial charge in [-0.1, -0.05) is 0 Å². The summed E-state index contributed by atoms with van der Waals surface area (Å²) in [6.07, 6.45) is 1.59. The Balaban J connectivity index is 1.95. The van der Waals surface area contributed by atoms with E-state index in [4.69, 9.17) is 19.7 Å². The van der Waals surface area contributed by atoms with Gasteiger partial charge in [-0.05, 0) is 6.92 Å². The second-order valence-electron chi connectivity index (χ2n) is 4.49. The first kappa shape index (κ1) is 14.4. The Bertz CT molecular complexity index is 251. The van der Waals surface area contributed by atoms with E-state index in [2.05, 4.69) is 5.32 Å². The molecule has 1 amide bonds. The van der Waals surface area contributed by atoms with Crippen LogP contribution in [-0.4, -0.2) is 54.4 Å². The number of hydrogen-bond donors (Lipinski definition) is 3. The molecule has 0 heterocycles. The van der Waals surface area contributed by atoms with Crippen LogP contribution in [-0.2, 0) is 14.3 Å². The van der Waals surface area contributed by atoms with Crippen molar-refractivity contribution < 1.29 is 24.5 Å². The summed E-state index contributed by atoms with van der Waals surface area (Å²) in [6, 6.07) is 0. The van der Waals surface area contributed by atoms with Gasteiger partial charge in [0, 0.05) is 32.9 Å². The monoisotopic (exact) mass is 247 g/mol. The molecule has 100 valence electrons.